The Balaban J connectivity index is 2.10. The van der Waals surface area contributed by atoms with E-state index in [9.17, 15) is 5.11 Å². The standard InChI is InChI=1S/C14H20ClNO/c1-2-14(6-3-4-7-14)13(17)9-11-5-8-16-10-12(11)15/h5,8,10,13,17H,2-4,6-7,9H2,1H3. The molecule has 1 aliphatic carbocycles. The van der Waals surface area contributed by atoms with Gasteiger partial charge in [0.2, 0.25) is 0 Å². The summed E-state index contributed by atoms with van der Waals surface area (Å²) in [7, 11) is 0. The van der Waals surface area contributed by atoms with Crippen LogP contribution in [0.3, 0.4) is 0 Å². The van der Waals surface area contributed by atoms with Gasteiger partial charge in [0.25, 0.3) is 0 Å². The number of nitrogens with zero attached hydrogens (tertiary/aromatic N) is 1. The molecule has 1 aromatic heterocycles. The fourth-order valence-electron chi connectivity index (χ4n) is 3.00. The van der Waals surface area contributed by atoms with Gasteiger partial charge < -0.3 is 5.11 Å². The lowest BCUT2D eigenvalue weighted by Crippen LogP contribution is -2.33. The van der Waals surface area contributed by atoms with Crippen LogP contribution in [0.5, 0.6) is 0 Å². The Morgan fingerprint density at radius 3 is 2.76 bits per heavy atom. The summed E-state index contributed by atoms with van der Waals surface area (Å²) in [6, 6.07) is 1.91. The Bertz CT molecular complexity index is 374. The molecule has 3 heteroatoms. The minimum atomic E-state index is -0.283. The van der Waals surface area contributed by atoms with Crippen LogP contribution in [0.4, 0.5) is 0 Å². The molecule has 1 heterocycles. The number of hydrogen-bond acceptors (Lipinski definition) is 2. The Hall–Kier alpha value is -0.600. The molecule has 0 aromatic carbocycles. The Labute approximate surface area is 108 Å². The summed E-state index contributed by atoms with van der Waals surface area (Å²) >= 11 is 6.09. The van der Waals surface area contributed by atoms with Crippen LogP contribution in [0.1, 0.15) is 44.6 Å². The first-order valence-corrected chi connectivity index (χ1v) is 6.82. The summed E-state index contributed by atoms with van der Waals surface area (Å²) in [6.45, 7) is 2.18. The molecule has 1 saturated carbocycles. The van der Waals surface area contributed by atoms with E-state index in [0.29, 0.717) is 11.4 Å². The fourth-order valence-corrected chi connectivity index (χ4v) is 3.19. The predicted octanol–water partition coefficient (Wildman–Crippen LogP) is 3.61. The molecule has 0 aliphatic heterocycles. The van der Waals surface area contributed by atoms with Crippen molar-refractivity contribution in [3.63, 3.8) is 0 Å². The van der Waals surface area contributed by atoms with Crippen molar-refractivity contribution in [2.75, 3.05) is 0 Å². The van der Waals surface area contributed by atoms with Gasteiger partial charge in [-0.2, -0.15) is 0 Å². The highest BCUT2D eigenvalue weighted by Gasteiger charge is 2.38. The fraction of sp³-hybridized carbons (Fsp3) is 0.643. The summed E-state index contributed by atoms with van der Waals surface area (Å²) in [4.78, 5) is 3.97. The van der Waals surface area contributed by atoms with Crippen molar-refractivity contribution in [2.24, 2.45) is 5.41 Å². The van der Waals surface area contributed by atoms with E-state index in [2.05, 4.69) is 11.9 Å². The molecular weight excluding hydrogens is 234 g/mol. The van der Waals surface area contributed by atoms with Crippen molar-refractivity contribution < 1.29 is 5.11 Å². The van der Waals surface area contributed by atoms with Crippen LogP contribution in [-0.4, -0.2) is 16.2 Å². The summed E-state index contributed by atoms with van der Waals surface area (Å²) < 4.78 is 0. The monoisotopic (exact) mass is 253 g/mol. The van der Waals surface area contributed by atoms with Crippen LogP contribution in [-0.2, 0) is 6.42 Å². The van der Waals surface area contributed by atoms with E-state index in [1.54, 1.807) is 12.4 Å². The van der Waals surface area contributed by atoms with E-state index in [4.69, 9.17) is 11.6 Å². The van der Waals surface area contributed by atoms with Gasteiger partial charge in [-0.1, -0.05) is 31.4 Å². The van der Waals surface area contributed by atoms with E-state index < -0.39 is 0 Å². The van der Waals surface area contributed by atoms with Gasteiger partial charge in [-0.3, -0.25) is 4.98 Å². The van der Waals surface area contributed by atoms with Gasteiger partial charge in [-0.25, -0.2) is 0 Å². The number of rotatable bonds is 4. The first kappa shape index (κ1) is 12.8. The average Bonchev–Trinajstić information content (AvgIpc) is 2.82. The summed E-state index contributed by atoms with van der Waals surface area (Å²) in [5.74, 6) is 0. The summed E-state index contributed by atoms with van der Waals surface area (Å²) in [6.07, 6.45) is 9.59. The maximum Gasteiger partial charge on any atom is 0.0637 e. The zero-order valence-corrected chi connectivity index (χ0v) is 11.1. The van der Waals surface area contributed by atoms with Gasteiger partial charge in [-0.05, 0) is 36.3 Å². The zero-order chi connectivity index (χ0) is 12.3. The second-order valence-electron chi connectivity index (χ2n) is 5.11. The first-order chi connectivity index (χ1) is 8.18. The molecule has 0 spiro atoms. The van der Waals surface area contributed by atoms with E-state index in [1.807, 2.05) is 6.07 Å². The summed E-state index contributed by atoms with van der Waals surface area (Å²) in [5, 5.41) is 11.2. The lowest BCUT2D eigenvalue weighted by atomic mass is 9.76. The molecule has 1 aromatic rings. The molecule has 0 bridgehead atoms. The molecule has 1 aliphatic rings. The van der Waals surface area contributed by atoms with Crippen LogP contribution in [0, 0.1) is 5.41 Å². The lowest BCUT2D eigenvalue weighted by molar-refractivity contribution is 0.0257. The van der Waals surface area contributed by atoms with Crippen molar-refractivity contribution in [1.82, 2.24) is 4.98 Å². The molecular formula is C14H20ClNO. The molecule has 0 radical (unpaired) electrons. The van der Waals surface area contributed by atoms with Gasteiger partial charge in [0, 0.05) is 18.8 Å². The van der Waals surface area contributed by atoms with E-state index in [-0.39, 0.29) is 11.5 Å². The first-order valence-electron chi connectivity index (χ1n) is 6.44. The van der Waals surface area contributed by atoms with Gasteiger partial charge >= 0.3 is 0 Å². The molecule has 2 nitrogen and oxygen atoms in total. The van der Waals surface area contributed by atoms with Crippen LogP contribution in [0.25, 0.3) is 0 Å². The number of hydrogen-bond donors (Lipinski definition) is 1. The molecule has 1 N–H and O–H groups in total. The van der Waals surface area contributed by atoms with Crippen LogP contribution in [0.2, 0.25) is 5.02 Å². The Morgan fingerprint density at radius 1 is 1.47 bits per heavy atom. The molecule has 1 atom stereocenters. The maximum atomic E-state index is 10.5. The van der Waals surface area contributed by atoms with Gasteiger partial charge in [0.05, 0.1) is 11.1 Å². The molecule has 0 saturated heterocycles. The lowest BCUT2D eigenvalue weighted by Gasteiger charge is -2.33. The third-order valence-corrected chi connectivity index (χ3v) is 4.62. The molecule has 1 fully saturated rings. The number of pyridine rings is 1. The van der Waals surface area contributed by atoms with Crippen molar-refractivity contribution in [3.05, 3.63) is 29.0 Å². The third-order valence-electron chi connectivity index (χ3n) is 4.28. The maximum absolute atomic E-state index is 10.5. The Kier molecular flexibility index (Phi) is 4.05. The van der Waals surface area contributed by atoms with Crippen molar-refractivity contribution in [3.8, 4) is 0 Å². The predicted molar refractivity (Wildman–Crippen MR) is 70.1 cm³/mol. The van der Waals surface area contributed by atoms with Crippen LogP contribution in [0.15, 0.2) is 18.5 Å². The highest BCUT2D eigenvalue weighted by Crippen LogP contribution is 2.44. The minimum absolute atomic E-state index is 0.118. The van der Waals surface area contributed by atoms with Crippen LogP contribution < -0.4 is 0 Å². The molecule has 17 heavy (non-hydrogen) atoms. The second-order valence-corrected chi connectivity index (χ2v) is 5.52. The van der Waals surface area contributed by atoms with Crippen LogP contribution >= 0.6 is 11.6 Å². The highest BCUT2D eigenvalue weighted by molar-refractivity contribution is 6.31. The van der Waals surface area contributed by atoms with Crippen molar-refractivity contribution >= 4 is 11.6 Å². The number of halogens is 1. The largest absolute Gasteiger partial charge is 0.392 e. The highest BCUT2D eigenvalue weighted by atomic mass is 35.5. The molecule has 0 amide bonds. The number of aliphatic hydroxyl groups is 1. The SMILES string of the molecule is CCC1(C(O)Cc2ccncc2Cl)CCCC1. The minimum Gasteiger partial charge on any atom is -0.392 e. The molecule has 1 unspecified atom stereocenters. The molecule has 2 rings (SSSR count). The second kappa shape index (κ2) is 5.36. The van der Waals surface area contributed by atoms with E-state index >= 15 is 0 Å². The quantitative estimate of drug-likeness (QED) is 0.889. The topological polar surface area (TPSA) is 33.1 Å². The normalized spacial score (nSPS) is 20.4. The van der Waals surface area contributed by atoms with Gasteiger partial charge in [0.15, 0.2) is 0 Å². The van der Waals surface area contributed by atoms with Gasteiger partial charge in [-0.15, -0.1) is 0 Å². The van der Waals surface area contributed by atoms with E-state index in [0.717, 1.165) is 24.8 Å². The molecule has 94 valence electrons. The van der Waals surface area contributed by atoms with Crippen molar-refractivity contribution in [1.29, 1.82) is 0 Å². The number of aromatic nitrogens is 1. The average molecular weight is 254 g/mol. The zero-order valence-electron chi connectivity index (χ0n) is 10.3. The summed E-state index contributed by atoms with van der Waals surface area (Å²) in [5.41, 5.74) is 1.13. The smallest absolute Gasteiger partial charge is 0.0637 e. The Morgan fingerprint density at radius 2 is 2.18 bits per heavy atom. The van der Waals surface area contributed by atoms with E-state index in [1.165, 1.54) is 12.8 Å². The third kappa shape index (κ3) is 2.63. The van der Waals surface area contributed by atoms with Crippen molar-refractivity contribution in [2.45, 2.75) is 51.6 Å². The number of aliphatic hydroxyl groups excluding tert-OH is 1. The van der Waals surface area contributed by atoms with Gasteiger partial charge in [0.1, 0.15) is 0 Å².